The Labute approximate surface area is 206 Å². The normalized spacial score (nSPS) is 16.5. The van der Waals surface area contributed by atoms with Gasteiger partial charge >= 0.3 is 12.1 Å². The van der Waals surface area contributed by atoms with Crippen LogP contribution in [0.15, 0.2) is 48.5 Å². The highest BCUT2D eigenvalue weighted by Gasteiger charge is 2.41. The Morgan fingerprint density at radius 2 is 1.60 bits per heavy atom. The minimum Gasteiger partial charge on any atom is -0.481 e. The second-order valence-electron chi connectivity index (χ2n) is 10.2. The van der Waals surface area contributed by atoms with E-state index in [2.05, 4.69) is 48.7 Å². The molecule has 1 saturated carbocycles. The molecule has 7 nitrogen and oxygen atoms in total. The quantitative estimate of drug-likeness (QED) is 0.453. The second-order valence-corrected chi connectivity index (χ2v) is 10.2. The highest BCUT2D eigenvalue weighted by atomic mass is 16.5. The van der Waals surface area contributed by atoms with E-state index < -0.39 is 23.6 Å². The first-order chi connectivity index (χ1) is 16.8. The van der Waals surface area contributed by atoms with Crippen molar-refractivity contribution in [2.24, 2.45) is 5.92 Å². The summed E-state index contributed by atoms with van der Waals surface area (Å²) < 4.78 is 5.64. The van der Waals surface area contributed by atoms with E-state index in [0.717, 1.165) is 35.1 Å². The number of nitrogens with one attached hydrogen (secondary N) is 2. The van der Waals surface area contributed by atoms with Gasteiger partial charge in [-0.1, -0.05) is 62.4 Å². The minimum atomic E-state index is -0.937. The number of carboxylic acids is 1. The van der Waals surface area contributed by atoms with Crippen molar-refractivity contribution in [3.63, 3.8) is 0 Å². The summed E-state index contributed by atoms with van der Waals surface area (Å²) >= 11 is 0. The van der Waals surface area contributed by atoms with Gasteiger partial charge in [-0.3, -0.25) is 9.59 Å². The highest BCUT2D eigenvalue weighted by molar-refractivity contribution is 5.87. The maximum atomic E-state index is 13.1. The van der Waals surface area contributed by atoms with Crippen LogP contribution in [0.4, 0.5) is 4.79 Å². The Bertz CT molecular complexity index is 1050. The van der Waals surface area contributed by atoms with Crippen molar-refractivity contribution in [3.05, 3.63) is 59.7 Å². The van der Waals surface area contributed by atoms with E-state index in [4.69, 9.17) is 4.74 Å². The van der Waals surface area contributed by atoms with Crippen LogP contribution in [0.1, 0.15) is 69.4 Å². The van der Waals surface area contributed by atoms with Crippen molar-refractivity contribution >= 4 is 18.0 Å². The SMILES string of the molecule is CC(C)CCC(NC(=O)OCC1c2ccccc2-c2ccccc21)C(=O)NC1(CC(=O)O)CCC1. The number of benzene rings is 2. The first kappa shape index (κ1) is 24.8. The number of fused-ring (bicyclic) bond motifs is 3. The molecule has 3 N–H and O–H groups in total. The average molecular weight is 479 g/mol. The van der Waals surface area contributed by atoms with Crippen LogP contribution >= 0.6 is 0 Å². The number of carbonyl (C=O) groups excluding carboxylic acids is 2. The number of hydrogen-bond donors (Lipinski definition) is 3. The zero-order valence-electron chi connectivity index (χ0n) is 20.4. The molecular formula is C28H34N2O5. The van der Waals surface area contributed by atoms with E-state index in [-0.39, 0.29) is 24.9 Å². The van der Waals surface area contributed by atoms with Gasteiger partial charge in [0.15, 0.2) is 0 Å². The van der Waals surface area contributed by atoms with Crippen molar-refractivity contribution in [1.29, 1.82) is 0 Å². The number of aliphatic carboxylic acids is 1. The van der Waals surface area contributed by atoms with Crippen molar-refractivity contribution < 1.29 is 24.2 Å². The van der Waals surface area contributed by atoms with Crippen LogP contribution in [0.25, 0.3) is 11.1 Å². The van der Waals surface area contributed by atoms with Crippen LogP contribution in [-0.2, 0) is 14.3 Å². The second kappa shape index (κ2) is 10.5. The summed E-state index contributed by atoms with van der Waals surface area (Å²) in [7, 11) is 0. The lowest BCUT2D eigenvalue weighted by Crippen LogP contribution is -2.59. The van der Waals surface area contributed by atoms with Gasteiger partial charge in [-0.25, -0.2) is 4.79 Å². The number of carbonyl (C=O) groups is 3. The third-order valence-corrected chi connectivity index (χ3v) is 7.17. The average Bonchev–Trinajstić information content (AvgIpc) is 3.12. The Morgan fingerprint density at radius 3 is 2.11 bits per heavy atom. The van der Waals surface area contributed by atoms with Crippen molar-refractivity contribution in [1.82, 2.24) is 10.6 Å². The molecule has 2 aromatic rings. The molecular weight excluding hydrogens is 444 g/mol. The molecule has 0 radical (unpaired) electrons. The van der Waals surface area contributed by atoms with Crippen LogP contribution < -0.4 is 10.6 Å². The van der Waals surface area contributed by atoms with E-state index in [1.54, 1.807) is 0 Å². The fourth-order valence-electron chi connectivity index (χ4n) is 5.14. The molecule has 0 heterocycles. The Kier molecular flexibility index (Phi) is 7.43. The number of rotatable bonds is 10. The summed E-state index contributed by atoms with van der Waals surface area (Å²) in [5.41, 5.74) is 3.82. The van der Waals surface area contributed by atoms with Crippen LogP contribution in [0.3, 0.4) is 0 Å². The molecule has 2 amide bonds. The van der Waals surface area contributed by atoms with E-state index in [0.29, 0.717) is 25.2 Å². The Morgan fingerprint density at radius 1 is 1.00 bits per heavy atom. The standard InChI is InChI=1S/C28H34N2O5/c1-18(2)12-13-24(26(33)30-28(14-7-15-28)16-25(31)32)29-27(34)35-17-23-21-10-5-3-8-19(21)20-9-4-6-11-22(20)23/h3-6,8-11,18,23-24H,7,12-17H2,1-2H3,(H,29,34)(H,30,33)(H,31,32). The van der Waals surface area contributed by atoms with Gasteiger partial charge in [0.05, 0.1) is 12.0 Å². The fourth-order valence-corrected chi connectivity index (χ4v) is 5.14. The van der Waals surface area contributed by atoms with Crippen LogP contribution in [0.5, 0.6) is 0 Å². The van der Waals surface area contributed by atoms with Crippen LogP contribution in [-0.4, -0.2) is 41.3 Å². The number of hydrogen-bond acceptors (Lipinski definition) is 4. The molecule has 0 bridgehead atoms. The maximum Gasteiger partial charge on any atom is 0.407 e. The molecule has 0 aliphatic heterocycles. The van der Waals surface area contributed by atoms with Crippen LogP contribution in [0.2, 0.25) is 0 Å². The summed E-state index contributed by atoms with van der Waals surface area (Å²) in [6.45, 7) is 4.28. The molecule has 186 valence electrons. The number of ether oxygens (including phenoxy) is 1. The van der Waals surface area contributed by atoms with E-state index in [1.165, 1.54) is 0 Å². The zero-order chi connectivity index (χ0) is 25.0. The van der Waals surface area contributed by atoms with Gasteiger partial charge in [-0.15, -0.1) is 0 Å². The molecule has 1 unspecified atom stereocenters. The molecule has 1 atom stereocenters. The number of amides is 2. The van der Waals surface area contributed by atoms with Gasteiger partial charge in [0.1, 0.15) is 12.6 Å². The molecule has 0 saturated heterocycles. The Hall–Kier alpha value is -3.35. The van der Waals surface area contributed by atoms with E-state index in [1.807, 2.05) is 24.3 Å². The molecule has 1 fully saturated rings. The zero-order valence-corrected chi connectivity index (χ0v) is 20.4. The molecule has 2 aliphatic rings. The summed E-state index contributed by atoms with van der Waals surface area (Å²) in [5.74, 6) is -0.996. The van der Waals surface area contributed by atoms with Gasteiger partial charge in [0.2, 0.25) is 5.91 Å². The predicted molar refractivity (Wildman–Crippen MR) is 133 cm³/mol. The highest BCUT2D eigenvalue weighted by Crippen LogP contribution is 2.44. The number of alkyl carbamates (subject to hydrolysis) is 1. The summed E-state index contributed by atoms with van der Waals surface area (Å²) in [6.07, 6.45) is 2.59. The topological polar surface area (TPSA) is 105 Å². The first-order valence-electron chi connectivity index (χ1n) is 12.4. The lowest BCUT2D eigenvalue weighted by atomic mass is 9.74. The van der Waals surface area contributed by atoms with Gasteiger partial charge in [-0.2, -0.15) is 0 Å². The largest absolute Gasteiger partial charge is 0.481 e. The van der Waals surface area contributed by atoms with Crippen molar-refractivity contribution in [2.45, 2.75) is 69.9 Å². The molecule has 4 rings (SSSR count). The molecule has 0 aromatic heterocycles. The molecule has 7 heteroatoms. The van der Waals surface area contributed by atoms with E-state index >= 15 is 0 Å². The maximum absolute atomic E-state index is 13.1. The van der Waals surface area contributed by atoms with Gasteiger partial charge in [-0.05, 0) is 60.3 Å². The van der Waals surface area contributed by atoms with Gasteiger partial charge in [0, 0.05) is 5.92 Å². The van der Waals surface area contributed by atoms with E-state index in [9.17, 15) is 19.5 Å². The molecule has 2 aliphatic carbocycles. The summed E-state index contributed by atoms with van der Waals surface area (Å²) in [4.78, 5) is 37.2. The monoisotopic (exact) mass is 478 g/mol. The summed E-state index contributed by atoms with van der Waals surface area (Å²) in [6, 6.07) is 15.5. The molecule has 2 aromatic carbocycles. The van der Waals surface area contributed by atoms with Gasteiger partial charge < -0.3 is 20.5 Å². The molecule has 0 spiro atoms. The first-order valence-corrected chi connectivity index (χ1v) is 12.4. The summed E-state index contributed by atoms with van der Waals surface area (Å²) in [5, 5.41) is 14.9. The minimum absolute atomic E-state index is 0.0649. The Balaban J connectivity index is 1.41. The lowest BCUT2D eigenvalue weighted by molar-refractivity contribution is -0.140. The lowest BCUT2D eigenvalue weighted by Gasteiger charge is -2.42. The third kappa shape index (κ3) is 5.66. The predicted octanol–water partition coefficient (Wildman–Crippen LogP) is 4.84. The van der Waals surface area contributed by atoms with Crippen molar-refractivity contribution in [3.8, 4) is 11.1 Å². The van der Waals surface area contributed by atoms with Crippen LogP contribution in [0, 0.1) is 5.92 Å². The fraction of sp³-hybridized carbons (Fsp3) is 0.464. The molecule has 35 heavy (non-hydrogen) atoms. The third-order valence-electron chi connectivity index (χ3n) is 7.17. The van der Waals surface area contributed by atoms with Gasteiger partial charge in [0.25, 0.3) is 0 Å². The van der Waals surface area contributed by atoms with Crippen molar-refractivity contribution in [2.75, 3.05) is 6.61 Å². The number of carboxylic acid groups (broad SMARTS) is 1. The smallest absolute Gasteiger partial charge is 0.407 e.